The van der Waals surface area contributed by atoms with Crippen molar-refractivity contribution >= 4 is 34.5 Å². The van der Waals surface area contributed by atoms with Crippen LogP contribution in [0.4, 0.5) is 5.82 Å². The summed E-state index contributed by atoms with van der Waals surface area (Å²) in [6.45, 7) is 4.20. The number of aromatic nitrogens is 4. The van der Waals surface area contributed by atoms with Crippen molar-refractivity contribution in [2.45, 2.75) is 31.2 Å². The van der Waals surface area contributed by atoms with Crippen molar-refractivity contribution in [2.75, 3.05) is 24.2 Å². The van der Waals surface area contributed by atoms with E-state index >= 15 is 0 Å². The second kappa shape index (κ2) is 9.85. The molecule has 2 aromatic carbocycles. The van der Waals surface area contributed by atoms with E-state index in [2.05, 4.69) is 87.0 Å². The number of thioether (sulfide) groups is 1. The van der Waals surface area contributed by atoms with E-state index in [0.717, 1.165) is 48.4 Å². The molecule has 5 rings (SSSR count). The predicted molar refractivity (Wildman–Crippen MR) is 136 cm³/mol. The molecular formula is C26H28N6OS. The fourth-order valence-electron chi connectivity index (χ4n) is 4.34. The SMILES string of the molecule is CSc1ccc(CNC(=O)C2CCN(c3ncnc4nn(-c5ccc(C)cc5)cc34)CC2)cc1. The Morgan fingerprint density at radius 3 is 2.50 bits per heavy atom. The van der Waals surface area contributed by atoms with Gasteiger partial charge in [0, 0.05) is 36.6 Å². The number of piperidine rings is 1. The molecule has 0 atom stereocenters. The van der Waals surface area contributed by atoms with Crippen molar-refractivity contribution < 1.29 is 4.79 Å². The van der Waals surface area contributed by atoms with Gasteiger partial charge >= 0.3 is 0 Å². The van der Waals surface area contributed by atoms with Gasteiger partial charge in [-0.25, -0.2) is 14.6 Å². The Morgan fingerprint density at radius 1 is 1.06 bits per heavy atom. The molecule has 4 aromatic rings. The number of benzene rings is 2. The summed E-state index contributed by atoms with van der Waals surface area (Å²) < 4.78 is 1.86. The first-order chi connectivity index (χ1) is 16.6. The molecule has 0 spiro atoms. The minimum atomic E-state index is 0.0225. The number of carbonyl (C=O) groups excluding carboxylic acids is 1. The molecule has 0 saturated carbocycles. The first-order valence-corrected chi connectivity index (χ1v) is 12.8. The average molecular weight is 473 g/mol. The van der Waals surface area contributed by atoms with Crippen molar-refractivity contribution in [3.05, 3.63) is 72.2 Å². The molecule has 174 valence electrons. The van der Waals surface area contributed by atoms with Crippen LogP contribution >= 0.6 is 11.8 Å². The van der Waals surface area contributed by atoms with E-state index in [1.54, 1.807) is 18.1 Å². The molecule has 7 nitrogen and oxygen atoms in total. The summed E-state index contributed by atoms with van der Waals surface area (Å²) in [5, 5.41) is 8.69. The zero-order valence-corrected chi connectivity index (χ0v) is 20.3. The lowest BCUT2D eigenvalue weighted by Crippen LogP contribution is -2.40. The van der Waals surface area contributed by atoms with Gasteiger partial charge < -0.3 is 10.2 Å². The predicted octanol–water partition coefficient (Wildman–Crippen LogP) is 4.38. The highest BCUT2D eigenvalue weighted by molar-refractivity contribution is 7.98. The van der Waals surface area contributed by atoms with Gasteiger partial charge in [-0.3, -0.25) is 4.79 Å². The monoisotopic (exact) mass is 472 g/mol. The number of nitrogens with one attached hydrogen (secondary N) is 1. The Kier molecular flexibility index (Phi) is 6.49. The second-order valence-electron chi connectivity index (χ2n) is 8.67. The Balaban J connectivity index is 1.23. The number of aryl methyl sites for hydroxylation is 1. The Bertz CT molecular complexity index is 1280. The van der Waals surface area contributed by atoms with E-state index in [-0.39, 0.29) is 11.8 Å². The van der Waals surface area contributed by atoms with Crippen LogP contribution in [0.2, 0.25) is 0 Å². The van der Waals surface area contributed by atoms with Crippen LogP contribution in [-0.2, 0) is 11.3 Å². The zero-order valence-electron chi connectivity index (χ0n) is 19.4. The molecule has 1 aliphatic heterocycles. The molecule has 1 amide bonds. The molecular weight excluding hydrogens is 444 g/mol. The van der Waals surface area contributed by atoms with Gasteiger partial charge in [-0.05, 0) is 55.9 Å². The topological polar surface area (TPSA) is 75.9 Å². The highest BCUT2D eigenvalue weighted by Crippen LogP contribution is 2.28. The summed E-state index contributed by atoms with van der Waals surface area (Å²) in [6.07, 6.45) is 7.23. The summed E-state index contributed by atoms with van der Waals surface area (Å²) in [7, 11) is 0. The van der Waals surface area contributed by atoms with Crippen molar-refractivity contribution in [2.24, 2.45) is 5.92 Å². The Labute approximate surface area is 203 Å². The second-order valence-corrected chi connectivity index (χ2v) is 9.55. The van der Waals surface area contributed by atoms with Crippen LogP contribution in [0, 0.1) is 12.8 Å². The van der Waals surface area contributed by atoms with E-state index in [4.69, 9.17) is 0 Å². The molecule has 1 N–H and O–H groups in total. The van der Waals surface area contributed by atoms with E-state index in [1.165, 1.54) is 10.5 Å². The van der Waals surface area contributed by atoms with Gasteiger partial charge in [0.2, 0.25) is 5.91 Å². The lowest BCUT2D eigenvalue weighted by molar-refractivity contribution is -0.125. The maximum Gasteiger partial charge on any atom is 0.223 e. The largest absolute Gasteiger partial charge is 0.356 e. The molecule has 34 heavy (non-hydrogen) atoms. The molecule has 1 fully saturated rings. The van der Waals surface area contributed by atoms with Gasteiger partial charge in [-0.2, -0.15) is 0 Å². The highest BCUT2D eigenvalue weighted by Gasteiger charge is 2.27. The standard InChI is InChI=1S/C26H28N6OS/c1-18-3-7-21(8-4-18)32-16-23-24(30-32)28-17-29-25(23)31-13-11-20(12-14-31)26(33)27-15-19-5-9-22(34-2)10-6-19/h3-10,16-17,20H,11-15H2,1-2H3,(H,27,33). The van der Waals surface area contributed by atoms with Crippen molar-refractivity contribution in [3.63, 3.8) is 0 Å². The van der Waals surface area contributed by atoms with E-state index in [1.807, 2.05) is 10.9 Å². The fourth-order valence-corrected chi connectivity index (χ4v) is 4.75. The lowest BCUT2D eigenvalue weighted by atomic mass is 9.95. The van der Waals surface area contributed by atoms with Crippen molar-refractivity contribution in [3.8, 4) is 5.69 Å². The normalized spacial score (nSPS) is 14.5. The summed E-state index contributed by atoms with van der Waals surface area (Å²) in [5.74, 6) is 1.04. The summed E-state index contributed by atoms with van der Waals surface area (Å²) in [6, 6.07) is 16.6. The van der Waals surface area contributed by atoms with Crippen LogP contribution < -0.4 is 10.2 Å². The highest BCUT2D eigenvalue weighted by atomic mass is 32.2. The first kappa shape index (κ1) is 22.4. The third-order valence-corrected chi connectivity index (χ3v) is 7.13. The molecule has 0 unspecified atom stereocenters. The summed E-state index contributed by atoms with van der Waals surface area (Å²) in [5.41, 5.74) is 4.00. The number of rotatable bonds is 6. The molecule has 1 saturated heterocycles. The minimum absolute atomic E-state index is 0.0225. The fraction of sp³-hybridized carbons (Fsp3) is 0.308. The van der Waals surface area contributed by atoms with E-state index in [0.29, 0.717) is 12.2 Å². The van der Waals surface area contributed by atoms with Crippen molar-refractivity contribution in [1.82, 2.24) is 25.1 Å². The number of hydrogen-bond donors (Lipinski definition) is 1. The number of amides is 1. The molecule has 2 aromatic heterocycles. The van der Waals surface area contributed by atoms with Gasteiger partial charge in [0.15, 0.2) is 5.65 Å². The van der Waals surface area contributed by atoms with Gasteiger partial charge in [0.25, 0.3) is 0 Å². The third-order valence-electron chi connectivity index (χ3n) is 6.39. The molecule has 0 radical (unpaired) electrons. The Morgan fingerprint density at radius 2 is 1.79 bits per heavy atom. The first-order valence-electron chi connectivity index (χ1n) is 11.5. The maximum atomic E-state index is 12.8. The number of anilines is 1. The molecule has 3 heterocycles. The van der Waals surface area contributed by atoms with Crippen LogP contribution in [-0.4, -0.2) is 45.0 Å². The van der Waals surface area contributed by atoms with Crippen LogP contribution in [0.3, 0.4) is 0 Å². The zero-order chi connectivity index (χ0) is 23.5. The van der Waals surface area contributed by atoms with Crippen LogP contribution in [0.1, 0.15) is 24.0 Å². The van der Waals surface area contributed by atoms with Gasteiger partial charge in [0.1, 0.15) is 12.1 Å². The van der Waals surface area contributed by atoms with Gasteiger partial charge in [-0.15, -0.1) is 16.9 Å². The van der Waals surface area contributed by atoms with Crippen LogP contribution in [0.15, 0.2) is 66.0 Å². The molecule has 8 heteroatoms. The smallest absolute Gasteiger partial charge is 0.223 e. The van der Waals surface area contributed by atoms with E-state index in [9.17, 15) is 4.79 Å². The van der Waals surface area contributed by atoms with E-state index < -0.39 is 0 Å². The number of nitrogens with zero attached hydrogens (tertiary/aromatic N) is 5. The number of carbonyl (C=O) groups is 1. The molecule has 1 aliphatic rings. The average Bonchev–Trinajstić information content (AvgIpc) is 3.32. The third kappa shape index (κ3) is 4.77. The van der Waals surface area contributed by atoms with Crippen LogP contribution in [0.25, 0.3) is 16.7 Å². The lowest BCUT2D eigenvalue weighted by Gasteiger charge is -2.32. The summed E-state index contributed by atoms with van der Waals surface area (Å²) >= 11 is 1.72. The van der Waals surface area contributed by atoms with Gasteiger partial charge in [0.05, 0.1) is 11.1 Å². The minimum Gasteiger partial charge on any atom is -0.356 e. The summed E-state index contributed by atoms with van der Waals surface area (Å²) in [4.78, 5) is 25.2. The maximum absolute atomic E-state index is 12.8. The molecule has 0 aliphatic carbocycles. The van der Waals surface area contributed by atoms with Gasteiger partial charge in [-0.1, -0.05) is 29.8 Å². The number of fused-ring (bicyclic) bond motifs is 1. The Hall–Kier alpha value is -3.39. The quantitative estimate of drug-likeness (QED) is 0.420. The van der Waals surface area contributed by atoms with Crippen LogP contribution in [0.5, 0.6) is 0 Å². The number of hydrogen-bond acceptors (Lipinski definition) is 6. The molecule has 0 bridgehead atoms. The van der Waals surface area contributed by atoms with Crippen molar-refractivity contribution in [1.29, 1.82) is 0 Å².